The van der Waals surface area contributed by atoms with Crippen LogP contribution in [-0.4, -0.2) is 12.2 Å². The van der Waals surface area contributed by atoms with Gasteiger partial charge in [0.05, 0.1) is 5.92 Å². The summed E-state index contributed by atoms with van der Waals surface area (Å²) in [7, 11) is 0. The van der Waals surface area contributed by atoms with Crippen molar-refractivity contribution >= 4 is 23.2 Å². The van der Waals surface area contributed by atoms with E-state index in [2.05, 4.69) is 5.32 Å². The molecular weight excluding hydrogens is 310 g/mol. The molecular formula is C14H16Cl2F3N. The van der Waals surface area contributed by atoms with Crippen LogP contribution in [0.1, 0.15) is 31.2 Å². The van der Waals surface area contributed by atoms with E-state index in [4.69, 9.17) is 23.2 Å². The van der Waals surface area contributed by atoms with E-state index < -0.39 is 18.1 Å². The van der Waals surface area contributed by atoms with Gasteiger partial charge < -0.3 is 5.32 Å². The summed E-state index contributed by atoms with van der Waals surface area (Å²) in [6.45, 7) is 0.345. The van der Waals surface area contributed by atoms with Gasteiger partial charge in [-0.25, -0.2) is 0 Å². The number of hydrogen-bond donors (Lipinski definition) is 1. The van der Waals surface area contributed by atoms with E-state index in [-0.39, 0.29) is 6.42 Å². The summed E-state index contributed by atoms with van der Waals surface area (Å²) in [5.74, 6) is -1.26. The van der Waals surface area contributed by atoms with Gasteiger partial charge >= 0.3 is 6.18 Å². The predicted octanol–water partition coefficient (Wildman–Crippen LogP) is 5.20. The average Bonchev–Trinajstić information content (AvgIpc) is 2.34. The summed E-state index contributed by atoms with van der Waals surface area (Å²) in [4.78, 5) is 0. The lowest BCUT2D eigenvalue weighted by Crippen LogP contribution is -2.45. The highest BCUT2D eigenvalue weighted by Crippen LogP contribution is 2.37. The lowest BCUT2D eigenvalue weighted by molar-refractivity contribution is -0.189. The second-order valence-electron chi connectivity index (χ2n) is 5.20. The minimum atomic E-state index is -4.13. The zero-order chi connectivity index (χ0) is 14.8. The van der Waals surface area contributed by atoms with Crippen molar-refractivity contribution in [2.45, 2.75) is 44.4 Å². The highest BCUT2D eigenvalue weighted by molar-refractivity contribution is 6.34. The molecule has 1 fully saturated rings. The summed E-state index contributed by atoms with van der Waals surface area (Å²) in [6, 6.07) is 4.50. The molecule has 0 radical (unpaired) electrons. The molecule has 2 rings (SSSR count). The fourth-order valence-corrected chi connectivity index (χ4v) is 3.30. The monoisotopic (exact) mass is 325 g/mol. The predicted molar refractivity (Wildman–Crippen MR) is 75.1 cm³/mol. The van der Waals surface area contributed by atoms with Crippen LogP contribution in [0.4, 0.5) is 13.2 Å². The van der Waals surface area contributed by atoms with Gasteiger partial charge in [0.25, 0.3) is 0 Å². The lowest BCUT2D eigenvalue weighted by atomic mass is 9.84. The quantitative estimate of drug-likeness (QED) is 0.804. The Morgan fingerprint density at radius 3 is 2.25 bits per heavy atom. The second-order valence-corrected chi connectivity index (χ2v) is 6.07. The molecule has 1 aliphatic carbocycles. The first-order chi connectivity index (χ1) is 9.36. The van der Waals surface area contributed by atoms with Crippen LogP contribution in [0.15, 0.2) is 18.2 Å². The average molecular weight is 326 g/mol. The Morgan fingerprint density at radius 1 is 1.05 bits per heavy atom. The Hall–Kier alpha value is -0.450. The topological polar surface area (TPSA) is 12.0 Å². The van der Waals surface area contributed by atoms with Gasteiger partial charge in [0.15, 0.2) is 0 Å². The molecule has 1 aromatic carbocycles. The maximum absolute atomic E-state index is 13.0. The van der Waals surface area contributed by atoms with E-state index >= 15 is 0 Å². The first-order valence-electron chi connectivity index (χ1n) is 6.61. The third-order valence-electron chi connectivity index (χ3n) is 3.68. The van der Waals surface area contributed by atoms with Gasteiger partial charge in [0.1, 0.15) is 0 Å². The van der Waals surface area contributed by atoms with E-state index in [0.717, 1.165) is 12.0 Å². The standard InChI is InChI=1S/C14H16Cl2F3N/c15-10-5-9(6-11(16)7-10)8-20-13-4-2-1-3-12(13)14(17,18)19/h5-7,12-13,20H,1-4,8H2. The van der Waals surface area contributed by atoms with Crippen molar-refractivity contribution in [3.63, 3.8) is 0 Å². The normalized spacial score (nSPS) is 23.9. The van der Waals surface area contributed by atoms with Crippen molar-refractivity contribution in [1.82, 2.24) is 5.32 Å². The van der Waals surface area contributed by atoms with Crippen molar-refractivity contribution in [2.75, 3.05) is 0 Å². The molecule has 0 bridgehead atoms. The van der Waals surface area contributed by atoms with Crippen molar-refractivity contribution in [3.05, 3.63) is 33.8 Å². The van der Waals surface area contributed by atoms with Gasteiger partial charge in [-0.2, -0.15) is 13.2 Å². The third-order valence-corrected chi connectivity index (χ3v) is 4.11. The molecule has 2 atom stereocenters. The van der Waals surface area contributed by atoms with Crippen LogP contribution in [-0.2, 0) is 6.54 Å². The highest BCUT2D eigenvalue weighted by atomic mass is 35.5. The van der Waals surface area contributed by atoms with Crippen molar-refractivity contribution < 1.29 is 13.2 Å². The van der Waals surface area contributed by atoms with Crippen LogP contribution in [0, 0.1) is 5.92 Å². The number of alkyl halides is 3. The van der Waals surface area contributed by atoms with Crippen LogP contribution in [0.2, 0.25) is 10.0 Å². The van der Waals surface area contributed by atoms with Gasteiger partial charge in [-0.15, -0.1) is 0 Å². The van der Waals surface area contributed by atoms with E-state index in [0.29, 0.717) is 29.4 Å². The molecule has 112 valence electrons. The summed E-state index contributed by atoms with van der Waals surface area (Å²) in [6.07, 6.45) is -1.90. The molecule has 0 aliphatic heterocycles. The fourth-order valence-electron chi connectivity index (χ4n) is 2.73. The Morgan fingerprint density at radius 2 is 1.65 bits per heavy atom. The van der Waals surface area contributed by atoms with Crippen LogP contribution in [0.25, 0.3) is 0 Å². The Balaban J connectivity index is 2.01. The van der Waals surface area contributed by atoms with E-state index in [1.807, 2.05) is 0 Å². The zero-order valence-corrected chi connectivity index (χ0v) is 12.3. The molecule has 1 saturated carbocycles. The minimum Gasteiger partial charge on any atom is -0.309 e. The lowest BCUT2D eigenvalue weighted by Gasteiger charge is -2.33. The SMILES string of the molecule is FC(F)(F)C1CCCCC1NCc1cc(Cl)cc(Cl)c1. The van der Waals surface area contributed by atoms with Gasteiger partial charge in [-0.1, -0.05) is 36.0 Å². The number of nitrogens with one attached hydrogen (secondary N) is 1. The number of rotatable bonds is 3. The van der Waals surface area contributed by atoms with Crippen molar-refractivity contribution in [3.8, 4) is 0 Å². The highest BCUT2D eigenvalue weighted by Gasteiger charge is 2.45. The Kier molecular flexibility index (Phi) is 5.21. The fraction of sp³-hybridized carbons (Fsp3) is 0.571. The summed E-state index contributed by atoms with van der Waals surface area (Å²) in [5.41, 5.74) is 0.800. The van der Waals surface area contributed by atoms with Crippen molar-refractivity contribution in [1.29, 1.82) is 0 Å². The Bertz CT molecular complexity index is 442. The van der Waals surface area contributed by atoms with Gasteiger partial charge in [-0.05, 0) is 36.6 Å². The molecule has 0 heterocycles. The molecule has 2 unspecified atom stereocenters. The summed E-state index contributed by atoms with van der Waals surface area (Å²) >= 11 is 11.8. The zero-order valence-electron chi connectivity index (χ0n) is 10.8. The molecule has 20 heavy (non-hydrogen) atoms. The molecule has 1 nitrogen and oxygen atoms in total. The second kappa shape index (κ2) is 6.54. The molecule has 0 amide bonds. The number of hydrogen-bond acceptors (Lipinski definition) is 1. The molecule has 1 N–H and O–H groups in total. The molecule has 0 aromatic heterocycles. The van der Waals surface area contributed by atoms with Gasteiger partial charge in [0, 0.05) is 22.6 Å². The minimum absolute atomic E-state index is 0.206. The van der Waals surface area contributed by atoms with Gasteiger partial charge in [0.2, 0.25) is 0 Å². The molecule has 0 spiro atoms. The Labute approximate surface area is 126 Å². The largest absolute Gasteiger partial charge is 0.393 e. The van der Waals surface area contributed by atoms with Gasteiger partial charge in [-0.3, -0.25) is 0 Å². The molecule has 0 saturated heterocycles. The van der Waals surface area contributed by atoms with Crippen LogP contribution >= 0.6 is 23.2 Å². The number of halogens is 5. The van der Waals surface area contributed by atoms with E-state index in [9.17, 15) is 13.2 Å². The molecule has 1 aromatic rings. The first-order valence-corrected chi connectivity index (χ1v) is 7.37. The smallest absolute Gasteiger partial charge is 0.309 e. The first kappa shape index (κ1) is 15.9. The number of benzene rings is 1. The molecule has 6 heteroatoms. The van der Waals surface area contributed by atoms with E-state index in [1.165, 1.54) is 0 Å². The summed E-state index contributed by atoms with van der Waals surface area (Å²) < 4.78 is 38.9. The third kappa shape index (κ3) is 4.27. The van der Waals surface area contributed by atoms with E-state index in [1.54, 1.807) is 18.2 Å². The summed E-state index contributed by atoms with van der Waals surface area (Å²) in [5, 5.41) is 3.99. The van der Waals surface area contributed by atoms with Crippen LogP contribution < -0.4 is 5.32 Å². The van der Waals surface area contributed by atoms with Crippen LogP contribution in [0.5, 0.6) is 0 Å². The molecule has 1 aliphatic rings. The van der Waals surface area contributed by atoms with Crippen molar-refractivity contribution in [2.24, 2.45) is 5.92 Å². The maximum Gasteiger partial charge on any atom is 0.393 e. The maximum atomic E-state index is 13.0. The van der Waals surface area contributed by atoms with Crippen LogP contribution in [0.3, 0.4) is 0 Å².